The maximum Gasteiger partial charge on any atom is 0.278 e. The molecule has 3 heterocycles. The highest BCUT2D eigenvalue weighted by atomic mass is 16.8. The van der Waals surface area contributed by atoms with Crippen LogP contribution in [-0.4, -0.2) is 71.1 Å². The number of ether oxygens (including phenoxy) is 1. The number of nitrogens with one attached hydrogen (secondary N) is 1. The van der Waals surface area contributed by atoms with Gasteiger partial charge < -0.3 is 14.7 Å². The summed E-state index contributed by atoms with van der Waals surface area (Å²) in [5.74, 6) is 0.198. The number of rotatable bonds is 7. The van der Waals surface area contributed by atoms with E-state index in [-0.39, 0.29) is 11.5 Å². The van der Waals surface area contributed by atoms with Gasteiger partial charge in [0.2, 0.25) is 5.95 Å². The zero-order valence-electron chi connectivity index (χ0n) is 21.8. The van der Waals surface area contributed by atoms with Gasteiger partial charge in [0.15, 0.2) is 6.29 Å². The van der Waals surface area contributed by atoms with Crippen molar-refractivity contribution < 1.29 is 19.5 Å². The third-order valence-corrected chi connectivity index (χ3v) is 6.89. The summed E-state index contributed by atoms with van der Waals surface area (Å²) in [6.45, 7) is 12.1. The second kappa shape index (κ2) is 11.6. The minimum atomic E-state index is -0.493. The Balaban J connectivity index is 1.32. The molecular weight excluding hydrogens is 458 g/mol. The summed E-state index contributed by atoms with van der Waals surface area (Å²) >= 11 is 0. The maximum absolute atomic E-state index is 12.4. The molecule has 2 fully saturated rings. The number of benzene rings is 1. The fourth-order valence-corrected chi connectivity index (χ4v) is 4.76. The average molecular weight is 498 g/mol. The Labute approximate surface area is 213 Å². The number of carbonyl (C=O) groups is 1. The Morgan fingerprint density at radius 2 is 1.78 bits per heavy atom. The van der Waals surface area contributed by atoms with Crippen molar-refractivity contribution >= 4 is 11.9 Å². The Hall–Kier alpha value is -2.59. The van der Waals surface area contributed by atoms with Gasteiger partial charge in [-0.05, 0) is 36.3 Å². The van der Waals surface area contributed by atoms with E-state index in [0.29, 0.717) is 18.1 Å². The lowest BCUT2D eigenvalue weighted by atomic mass is 9.86. The van der Waals surface area contributed by atoms with Gasteiger partial charge in [-0.2, -0.15) is 0 Å². The molecule has 1 aromatic heterocycles. The van der Waals surface area contributed by atoms with E-state index in [9.17, 15) is 9.90 Å². The van der Waals surface area contributed by atoms with Crippen LogP contribution in [0.1, 0.15) is 74.5 Å². The lowest BCUT2D eigenvalue weighted by Crippen LogP contribution is -2.50. The first kappa shape index (κ1) is 26.5. The Bertz CT molecular complexity index is 977. The number of amides is 1. The van der Waals surface area contributed by atoms with E-state index >= 15 is 0 Å². The second-order valence-electron chi connectivity index (χ2n) is 10.7. The number of nitrogens with zero attached hydrogens (tertiary/aromatic N) is 4. The summed E-state index contributed by atoms with van der Waals surface area (Å²) < 4.78 is 5.46. The quantitative estimate of drug-likeness (QED) is 0.563. The van der Waals surface area contributed by atoms with Crippen molar-refractivity contribution in [1.29, 1.82) is 0 Å². The monoisotopic (exact) mass is 497 g/mol. The zero-order valence-corrected chi connectivity index (χ0v) is 21.8. The summed E-state index contributed by atoms with van der Waals surface area (Å²) in [6, 6.07) is 8.54. The van der Waals surface area contributed by atoms with Crippen molar-refractivity contribution in [2.24, 2.45) is 0 Å². The molecule has 0 bridgehead atoms. The van der Waals surface area contributed by atoms with Gasteiger partial charge in [0.05, 0.1) is 17.7 Å². The molecule has 36 heavy (non-hydrogen) atoms. The molecule has 2 N–H and O–H groups in total. The molecule has 9 nitrogen and oxygen atoms in total. The van der Waals surface area contributed by atoms with Crippen LogP contribution < -0.4 is 10.4 Å². The third kappa shape index (κ3) is 6.59. The van der Waals surface area contributed by atoms with Crippen LogP contribution in [0.15, 0.2) is 36.7 Å². The number of aromatic nitrogens is 2. The second-order valence-corrected chi connectivity index (χ2v) is 10.7. The fourth-order valence-electron chi connectivity index (χ4n) is 4.76. The molecule has 0 spiro atoms. The van der Waals surface area contributed by atoms with Gasteiger partial charge >= 0.3 is 0 Å². The molecule has 0 radical (unpaired) electrons. The minimum absolute atomic E-state index is 0.0682. The predicted octanol–water partition coefficient (Wildman–Crippen LogP) is 3.21. The van der Waals surface area contributed by atoms with Crippen LogP contribution in [0, 0.1) is 0 Å². The summed E-state index contributed by atoms with van der Waals surface area (Å²) in [5, 5.41) is 10.6. The van der Waals surface area contributed by atoms with E-state index in [4.69, 9.17) is 9.57 Å². The number of aliphatic hydroxyl groups excluding tert-OH is 1. The highest BCUT2D eigenvalue weighted by Gasteiger charge is 2.29. The fraction of sp³-hybridized carbons (Fsp3) is 0.593. The first-order valence-electron chi connectivity index (χ1n) is 12.9. The number of anilines is 1. The summed E-state index contributed by atoms with van der Waals surface area (Å²) in [6.07, 6.45) is 4.94. The Morgan fingerprint density at radius 3 is 2.33 bits per heavy atom. The van der Waals surface area contributed by atoms with Gasteiger partial charge in [0.25, 0.3) is 5.91 Å². The molecular formula is C27H39N5O4. The van der Waals surface area contributed by atoms with Crippen molar-refractivity contribution in [3.8, 4) is 0 Å². The van der Waals surface area contributed by atoms with E-state index in [1.807, 2.05) is 6.92 Å². The first-order chi connectivity index (χ1) is 17.2. The molecule has 1 amide bonds. The Kier molecular flexibility index (Phi) is 8.56. The van der Waals surface area contributed by atoms with Gasteiger partial charge in [-0.25, -0.2) is 20.3 Å². The van der Waals surface area contributed by atoms with Crippen molar-refractivity contribution in [2.75, 3.05) is 37.7 Å². The number of piperazine rings is 1. The predicted molar refractivity (Wildman–Crippen MR) is 138 cm³/mol. The number of carbonyl (C=O) groups excluding carboxylic acids is 1. The molecule has 4 rings (SSSR count). The SMILES string of the molecule is CC(O)C(c1ccc(C(C)(C)C)cc1)N1CCN(c2ncc(C(=O)NOC3CCCCO3)cn2)CC1. The van der Waals surface area contributed by atoms with Crippen LogP contribution in [-0.2, 0) is 15.0 Å². The van der Waals surface area contributed by atoms with Gasteiger partial charge in [0, 0.05) is 51.6 Å². The number of hydrogen-bond donors (Lipinski definition) is 2. The van der Waals surface area contributed by atoms with Crippen LogP contribution in [0.3, 0.4) is 0 Å². The van der Waals surface area contributed by atoms with Crippen molar-refractivity contribution in [2.45, 2.75) is 70.8 Å². The molecule has 2 aliphatic rings. The van der Waals surface area contributed by atoms with Crippen LogP contribution >= 0.6 is 0 Å². The topological polar surface area (TPSA) is 100 Å². The number of hydrogen-bond acceptors (Lipinski definition) is 8. The van der Waals surface area contributed by atoms with Gasteiger partial charge in [-0.1, -0.05) is 45.0 Å². The third-order valence-electron chi connectivity index (χ3n) is 6.89. The van der Waals surface area contributed by atoms with Crippen LogP contribution in [0.4, 0.5) is 5.95 Å². The number of aliphatic hydroxyl groups is 1. The van der Waals surface area contributed by atoms with E-state index in [2.05, 4.69) is 70.3 Å². The molecule has 196 valence electrons. The normalized spacial score (nSPS) is 21.1. The van der Waals surface area contributed by atoms with E-state index < -0.39 is 18.3 Å². The smallest absolute Gasteiger partial charge is 0.278 e. The highest BCUT2D eigenvalue weighted by Crippen LogP contribution is 2.29. The van der Waals surface area contributed by atoms with Crippen LogP contribution in [0.5, 0.6) is 0 Å². The molecule has 0 saturated carbocycles. The lowest BCUT2D eigenvalue weighted by Gasteiger charge is -2.40. The van der Waals surface area contributed by atoms with E-state index in [0.717, 1.165) is 51.0 Å². The van der Waals surface area contributed by atoms with E-state index in [1.165, 1.54) is 18.0 Å². The zero-order chi connectivity index (χ0) is 25.7. The largest absolute Gasteiger partial charge is 0.391 e. The molecule has 0 aliphatic carbocycles. The minimum Gasteiger partial charge on any atom is -0.391 e. The molecule has 3 unspecified atom stereocenters. The van der Waals surface area contributed by atoms with Crippen LogP contribution in [0.25, 0.3) is 0 Å². The van der Waals surface area contributed by atoms with Gasteiger partial charge in [0.1, 0.15) is 0 Å². The van der Waals surface area contributed by atoms with Crippen molar-refractivity contribution in [3.63, 3.8) is 0 Å². The van der Waals surface area contributed by atoms with Crippen molar-refractivity contribution in [1.82, 2.24) is 20.3 Å². The van der Waals surface area contributed by atoms with Crippen molar-refractivity contribution in [3.05, 3.63) is 53.3 Å². The number of hydroxylamine groups is 1. The van der Waals surface area contributed by atoms with Crippen LogP contribution in [0.2, 0.25) is 0 Å². The average Bonchev–Trinajstić information content (AvgIpc) is 2.88. The molecule has 9 heteroatoms. The first-order valence-corrected chi connectivity index (χ1v) is 12.9. The van der Waals surface area contributed by atoms with E-state index in [1.54, 1.807) is 0 Å². The van der Waals surface area contributed by atoms with Gasteiger partial charge in [-0.3, -0.25) is 9.69 Å². The maximum atomic E-state index is 12.4. The Morgan fingerprint density at radius 1 is 1.11 bits per heavy atom. The molecule has 3 atom stereocenters. The summed E-state index contributed by atoms with van der Waals surface area (Å²) in [7, 11) is 0. The standard InChI is InChI=1S/C27H39N5O4/c1-19(33)24(20-8-10-22(11-9-20)27(2,3)4)31-12-14-32(15-13-31)26-28-17-21(18-29-26)25(34)30-36-23-7-5-6-16-35-23/h8-11,17-19,23-24,33H,5-7,12-16H2,1-4H3,(H,30,34). The molecule has 2 saturated heterocycles. The highest BCUT2D eigenvalue weighted by molar-refractivity contribution is 5.92. The lowest BCUT2D eigenvalue weighted by molar-refractivity contribution is -0.186. The summed E-state index contributed by atoms with van der Waals surface area (Å²) in [4.78, 5) is 30.9. The summed E-state index contributed by atoms with van der Waals surface area (Å²) in [5.41, 5.74) is 5.27. The molecule has 2 aliphatic heterocycles. The molecule has 1 aromatic carbocycles. The molecule has 2 aromatic rings. The van der Waals surface area contributed by atoms with Gasteiger partial charge in [-0.15, -0.1) is 0 Å².